The van der Waals surface area contributed by atoms with Gasteiger partial charge in [0.25, 0.3) is 5.91 Å². The van der Waals surface area contributed by atoms with Crippen molar-refractivity contribution in [3.8, 4) is 0 Å². The number of ether oxygens (including phenoxy) is 1. The molecule has 0 unspecified atom stereocenters. The molecule has 0 radical (unpaired) electrons. The molecule has 0 spiro atoms. The molecule has 2 aromatic heterocycles. The minimum atomic E-state index is -0.0214. The fraction of sp³-hybridized carbons (Fsp3) is 0.500. The third kappa shape index (κ3) is 2.58. The molecule has 1 atom stereocenters. The lowest BCUT2D eigenvalue weighted by atomic mass is 9.95. The summed E-state index contributed by atoms with van der Waals surface area (Å²) in [7, 11) is 1.69. The van der Waals surface area contributed by atoms with Crippen molar-refractivity contribution in [3.63, 3.8) is 0 Å². The van der Waals surface area contributed by atoms with Crippen LogP contribution >= 0.6 is 11.3 Å². The van der Waals surface area contributed by atoms with Gasteiger partial charge in [0.15, 0.2) is 0 Å². The first kappa shape index (κ1) is 14.2. The summed E-state index contributed by atoms with van der Waals surface area (Å²) >= 11 is 1.44. The highest BCUT2D eigenvalue weighted by molar-refractivity contribution is 7.07. The number of hydrogen-bond donors (Lipinski definition) is 0. The van der Waals surface area contributed by atoms with E-state index in [4.69, 9.17) is 4.74 Å². The topological polar surface area (TPSA) is 60.2 Å². The van der Waals surface area contributed by atoms with Crippen molar-refractivity contribution in [2.75, 3.05) is 20.3 Å². The van der Waals surface area contributed by atoms with Gasteiger partial charge in [-0.2, -0.15) is 5.10 Å². The van der Waals surface area contributed by atoms with Crippen molar-refractivity contribution >= 4 is 17.2 Å². The van der Waals surface area contributed by atoms with Gasteiger partial charge in [-0.05, 0) is 6.92 Å². The van der Waals surface area contributed by atoms with Crippen LogP contribution in [0.1, 0.15) is 34.6 Å². The number of rotatable bonds is 4. The fourth-order valence-corrected chi connectivity index (χ4v) is 3.33. The van der Waals surface area contributed by atoms with E-state index in [-0.39, 0.29) is 11.8 Å². The Kier molecular flexibility index (Phi) is 4.03. The van der Waals surface area contributed by atoms with Gasteiger partial charge in [-0.15, -0.1) is 11.3 Å². The average molecular weight is 306 g/mol. The summed E-state index contributed by atoms with van der Waals surface area (Å²) in [6.07, 6.45) is 1.91. The van der Waals surface area contributed by atoms with Crippen LogP contribution in [-0.4, -0.2) is 45.8 Å². The zero-order chi connectivity index (χ0) is 14.8. The minimum Gasteiger partial charge on any atom is -0.384 e. The van der Waals surface area contributed by atoms with Gasteiger partial charge in [-0.25, -0.2) is 4.98 Å². The molecular weight excluding hydrogens is 288 g/mol. The van der Waals surface area contributed by atoms with E-state index in [1.165, 1.54) is 16.9 Å². The average Bonchev–Trinajstić information content (AvgIpc) is 3.16. The predicted octanol–water partition coefficient (Wildman–Crippen LogP) is 1.75. The van der Waals surface area contributed by atoms with Crippen LogP contribution in [0, 0.1) is 0 Å². The van der Waals surface area contributed by atoms with Crippen molar-refractivity contribution in [1.29, 1.82) is 0 Å². The molecule has 1 aliphatic rings. The van der Waals surface area contributed by atoms with E-state index in [1.54, 1.807) is 18.0 Å². The van der Waals surface area contributed by atoms with E-state index >= 15 is 0 Å². The first-order chi connectivity index (χ1) is 10.2. The van der Waals surface area contributed by atoms with E-state index in [0.29, 0.717) is 25.4 Å². The molecule has 0 aromatic carbocycles. The van der Waals surface area contributed by atoms with Crippen LogP contribution in [0.4, 0.5) is 0 Å². The van der Waals surface area contributed by atoms with Crippen LogP contribution < -0.4 is 0 Å². The maximum Gasteiger partial charge on any atom is 0.273 e. The van der Waals surface area contributed by atoms with Crippen molar-refractivity contribution in [3.05, 3.63) is 34.0 Å². The summed E-state index contributed by atoms with van der Waals surface area (Å²) in [5.41, 5.74) is 4.50. The highest BCUT2D eigenvalue weighted by Crippen LogP contribution is 2.29. The summed E-state index contributed by atoms with van der Waals surface area (Å²) in [6, 6.07) is 0. The molecule has 0 bridgehead atoms. The Labute approximate surface area is 127 Å². The Balaban J connectivity index is 1.90. The van der Waals surface area contributed by atoms with E-state index in [1.807, 2.05) is 15.8 Å². The molecule has 0 saturated heterocycles. The molecule has 3 rings (SSSR count). The highest BCUT2D eigenvalue weighted by atomic mass is 32.1. The van der Waals surface area contributed by atoms with Crippen LogP contribution in [-0.2, 0) is 17.8 Å². The second-order valence-electron chi connectivity index (χ2n) is 5.07. The molecule has 21 heavy (non-hydrogen) atoms. The highest BCUT2D eigenvalue weighted by Gasteiger charge is 2.32. The molecule has 0 N–H and O–H groups in total. The van der Waals surface area contributed by atoms with Gasteiger partial charge in [0, 0.05) is 37.1 Å². The molecule has 3 heterocycles. The van der Waals surface area contributed by atoms with Gasteiger partial charge in [-0.3, -0.25) is 9.48 Å². The summed E-state index contributed by atoms with van der Waals surface area (Å²) in [5.74, 6) is 0.147. The van der Waals surface area contributed by atoms with Crippen molar-refractivity contribution < 1.29 is 9.53 Å². The molecule has 112 valence electrons. The Bertz CT molecular complexity index is 623. The summed E-state index contributed by atoms with van der Waals surface area (Å²) < 4.78 is 7.27. The molecular formula is C14H18N4O2S. The Morgan fingerprint density at radius 2 is 2.43 bits per heavy atom. The molecule has 1 amide bonds. The van der Waals surface area contributed by atoms with Crippen molar-refractivity contribution in [2.24, 2.45) is 0 Å². The normalized spacial score (nSPS) is 17.8. The number of fused-ring (bicyclic) bond motifs is 1. The molecule has 7 heteroatoms. The third-order valence-corrected chi connectivity index (χ3v) is 4.39. The second-order valence-corrected chi connectivity index (χ2v) is 5.79. The van der Waals surface area contributed by atoms with Gasteiger partial charge in [0.2, 0.25) is 0 Å². The van der Waals surface area contributed by atoms with E-state index < -0.39 is 0 Å². The summed E-state index contributed by atoms with van der Waals surface area (Å²) in [6.45, 7) is 4.67. The van der Waals surface area contributed by atoms with Crippen LogP contribution in [0.15, 0.2) is 17.1 Å². The first-order valence-electron chi connectivity index (χ1n) is 6.95. The van der Waals surface area contributed by atoms with E-state index in [0.717, 1.165) is 12.2 Å². The number of amides is 1. The van der Waals surface area contributed by atoms with Gasteiger partial charge >= 0.3 is 0 Å². The maximum absolute atomic E-state index is 12.5. The molecule has 2 aromatic rings. The largest absolute Gasteiger partial charge is 0.384 e. The third-order valence-electron chi connectivity index (χ3n) is 3.81. The minimum absolute atomic E-state index is 0.0214. The number of aryl methyl sites for hydroxylation is 1. The monoisotopic (exact) mass is 306 g/mol. The fourth-order valence-electron chi connectivity index (χ4n) is 2.80. The van der Waals surface area contributed by atoms with E-state index in [9.17, 15) is 4.79 Å². The van der Waals surface area contributed by atoms with Crippen LogP contribution in [0.25, 0.3) is 0 Å². The number of aromatic nitrogens is 3. The Hall–Kier alpha value is -1.73. The van der Waals surface area contributed by atoms with Gasteiger partial charge < -0.3 is 9.64 Å². The summed E-state index contributed by atoms with van der Waals surface area (Å²) in [4.78, 5) is 18.5. The van der Waals surface area contributed by atoms with Crippen LogP contribution in [0.2, 0.25) is 0 Å². The molecule has 6 nitrogen and oxygen atoms in total. The molecule has 0 saturated carbocycles. The van der Waals surface area contributed by atoms with Gasteiger partial charge in [0.1, 0.15) is 5.69 Å². The lowest BCUT2D eigenvalue weighted by Gasteiger charge is -2.32. The first-order valence-corrected chi connectivity index (χ1v) is 7.89. The van der Waals surface area contributed by atoms with Crippen LogP contribution in [0.5, 0.6) is 0 Å². The summed E-state index contributed by atoms with van der Waals surface area (Å²) in [5, 5.41) is 6.21. The predicted molar refractivity (Wildman–Crippen MR) is 79.4 cm³/mol. The quantitative estimate of drug-likeness (QED) is 0.863. The Morgan fingerprint density at radius 3 is 3.10 bits per heavy atom. The maximum atomic E-state index is 12.5. The number of nitrogens with zero attached hydrogens (tertiary/aromatic N) is 4. The number of methoxy groups -OCH3 is 1. The zero-order valence-electron chi connectivity index (χ0n) is 12.2. The lowest BCUT2D eigenvalue weighted by molar-refractivity contribution is 0.0669. The lowest BCUT2D eigenvalue weighted by Crippen LogP contribution is -2.40. The SMILES string of the molecule is CCn1ncc2c1CN(C(=O)c1cscn1)C[C@H]2COC. The zero-order valence-corrected chi connectivity index (χ0v) is 13.0. The molecule has 0 fully saturated rings. The molecule has 0 aliphatic carbocycles. The number of hydrogen-bond acceptors (Lipinski definition) is 5. The Morgan fingerprint density at radius 1 is 1.57 bits per heavy atom. The second kappa shape index (κ2) is 5.95. The van der Waals surface area contributed by atoms with E-state index in [2.05, 4.69) is 17.0 Å². The molecule has 1 aliphatic heterocycles. The van der Waals surface area contributed by atoms with Crippen molar-refractivity contribution in [2.45, 2.75) is 25.9 Å². The smallest absolute Gasteiger partial charge is 0.273 e. The number of carbonyl (C=O) groups excluding carboxylic acids is 1. The number of carbonyl (C=O) groups is 1. The standard InChI is InChI=1S/C14H18N4O2S/c1-3-18-13-6-17(14(19)12-8-21-9-15-12)5-10(7-20-2)11(13)4-16-18/h4,8-10H,3,5-7H2,1-2H3/t10-/m0/s1. The van der Waals surface area contributed by atoms with Crippen LogP contribution in [0.3, 0.4) is 0 Å². The number of thiazole rings is 1. The van der Waals surface area contributed by atoms with Gasteiger partial charge in [0.05, 0.1) is 30.6 Å². The van der Waals surface area contributed by atoms with Gasteiger partial charge in [-0.1, -0.05) is 0 Å². The van der Waals surface area contributed by atoms with Crippen molar-refractivity contribution in [1.82, 2.24) is 19.7 Å².